The quantitative estimate of drug-likeness (QED) is 0.744. The standard InChI is InChI=1S/C18H26N4O4/c1-11(12(2)19)18(23)21-15-8-9-20-22(15)10-13-6-7-14(24-3)17(26-5)16(13)25-4/h6-9,11-12H,10,19H2,1-5H3,(H,21,23). The van der Waals surface area contributed by atoms with Crippen molar-refractivity contribution in [2.75, 3.05) is 26.6 Å². The lowest BCUT2D eigenvalue weighted by Gasteiger charge is -2.18. The van der Waals surface area contributed by atoms with E-state index in [2.05, 4.69) is 10.4 Å². The van der Waals surface area contributed by atoms with E-state index in [4.69, 9.17) is 19.9 Å². The number of hydrogen-bond acceptors (Lipinski definition) is 6. The van der Waals surface area contributed by atoms with E-state index in [1.54, 1.807) is 58.2 Å². The fourth-order valence-electron chi connectivity index (χ4n) is 2.49. The summed E-state index contributed by atoms with van der Waals surface area (Å²) >= 11 is 0. The Hall–Kier alpha value is -2.74. The van der Waals surface area contributed by atoms with Crippen molar-refractivity contribution in [1.29, 1.82) is 0 Å². The smallest absolute Gasteiger partial charge is 0.229 e. The summed E-state index contributed by atoms with van der Waals surface area (Å²) in [5.74, 6) is 1.77. The molecule has 1 aromatic heterocycles. The molecule has 2 atom stereocenters. The van der Waals surface area contributed by atoms with Crippen molar-refractivity contribution >= 4 is 11.7 Å². The van der Waals surface area contributed by atoms with E-state index in [0.29, 0.717) is 29.6 Å². The maximum absolute atomic E-state index is 12.3. The van der Waals surface area contributed by atoms with Gasteiger partial charge in [0.15, 0.2) is 11.5 Å². The van der Waals surface area contributed by atoms with Crippen LogP contribution in [0.5, 0.6) is 17.2 Å². The lowest BCUT2D eigenvalue weighted by Crippen LogP contribution is -2.34. The molecule has 1 aromatic carbocycles. The number of carbonyl (C=O) groups is 1. The third kappa shape index (κ3) is 4.08. The van der Waals surface area contributed by atoms with Crippen LogP contribution in [0.4, 0.5) is 5.82 Å². The molecule has 0 aliphatic heterocycles. The Bertz CT molecular complexity index is 758. The Morgan fingerprint density at radius 1 is 1.15 bits per heavy atom. The fourth-order valence-corrected chi connectivity index (χ4v) is 2.49. The van der Waals surface area contributed by atoms with Crippen LogP contribution in [0.1, 0.15) is 19.4 Å². The van der Waals surface area contributed by atoms with Crippen molar-refractivity contribution in [3.8, 4) is 17.2 Å². The van der Waals surface area contributed by atoms with Crippen molar-refractivity contribution in [2.24, 2.45) is 11.7 Å². The van der Waals surface area contributed by atoms with Crippen LogP contribution >= 0.6 is 0 Å². The fraction of sp³-hybridized carbons (Fsp3) is 0.444. The van der Waals surface area contributed by atoms with Gasteiger partial charge in [0.05, 0.1) is 40.0 Å². The first-order chi connectivity index (χ1) is 12.4. The predicted octanol–water partition coefficient (Wildman–Crippen LogP) is 1.88. The van der Waals surface area contributed by atoms with Crippen molar-refractivity contribution in [2.45, 2.75) is 26.4 Å². The Morgan fingerprint density at radius 3 is 2.42 bits per heavy atom. The monoisotopic (exact) mass is 362 g/mol. The van der Waals surface area contributed by atoms with Crippen molar-refractivity contribution in [1.82, 2.24) is 9.78 Å². The molecule has 0 saturated heterocycles. The minimum absolute atomic E-state index is 0.152. The second-order valence-corrected chi connectivity index (χ2v) is 6.00. The number of nitrogens with one attached hydrogen (secondary N) is 1. The normalized spacial score (nSPS) is 13.0. The highest BCUT2D eigenvalue weighted by Gasteiger charge is 2.20. The van der Waals surface area contributed by atoms with E-state index in [1.807, 2.05) is 6.07 Å². The summed E-state index contributed by atoms with van der Waals surface area (Å²) in [6.45, 7) is 3.98. The first-order valence-corrected chi connectivity index (χ1v) is 8.29. The summed E-state index contributed by atoms with van der Waals surface area (Å²) in [5.41, 5.74) is 6.64. The molecule has 0 radical (unpaired) electrons. The van der Waals surface area contributed by atoms with Gasteiger partial charge in [-0.05, 0) is 19.1 Å². The molecule has 0 aliphatic rings. The van der Waals surface area contributed by atoms with Crippen molar-refractivity contribution < 1.29 is 19.0 Å². The zero-order valence-corrected chi connectivity index (χ0v) is 15.8. The van der Waals surface area contributed by atoms with Crippen LogP contribution in [-0.4, -0.2) is 43.1 Å². The van der Waals surface area contributed by atoms with Gasteiger partial charge < -0.3 is 25.3 Å². The molecule has 1 amide bonds. The number of rotatable bonds is 8. The van der Waals surface area contributed by atoms with E-state index in [1.165, 1.54) is 0 Å². The van der Waals surface area contributed by atoms with Crippen molar-refractivity contribution in [3.63, 3.8) is 0 Å². The molecular formula is C18H26N4O4. The number of hydrogen-bond donors (Lipinski definition) is 2. The van der Waals surface area contributed by atoms with Gasteiger partial charge in [-0.15, -0.1) is 0 Å². The summed E-state index contributed by atoms with van der Waals surface area (Å²) in [4.78, 5) is 12.3. The van der Waals surface area contributed by atoms with E-state index in [9.17, 15) is 4.79 Å². The Morgan fingerprint density at radius 2 is 1.85 bits per heavy atom. The lowest BCUT2D eigenvalue weighted by molar-refractivity contribution is -0.119. The van der Waals surface area contributed by atoms with Gasteiger partial charge in [0.2, 0.25) is 11.7 Å². The Balaban J connectivity index is 2.28. The largest absolute Gasteiger partial charge is 0.493 e. The van der Waals surface area contributed by atoms with Gasteiger partial charge in [0.1, 0.15) is 5.82 Å². The third-order valence-corrected chi connectivity index (χ3v) is 4.28. The first kappa shape index (κ1) is 19.6. The minimum atomic E-state index is -0.311. The maximum atomic E-state index is 12.3. The number of anilines is 1. The first-order valence-electron chi connectivity index (χ1n) is 8.29. The predicted molar refractivity (Wildman–Crippen MR) is 98.9 cm³/mol. The molecule has 1 heterocycles. The van der Waals surface area contributed by atoms with E-state index < -0.39 is 0 Å². The van der Waals surface area contributed by atoms with Crippen LogP contribution in [0.2, 0.25) is 0 Å². The van der Waals surface area contributed by atoms with E-state index in [0.717, 1.165) is 5.56 Å². The highest BCUT2D eigenvalue weighted by molar-refractivity contribution is 5.91. The number of nitrogens with zero attached hydrogens (tertiary/aromatic N) is 2. The van der Waals surface area contributed by atoms with Gasteiger partial charge in [-0.1, -0.05) is 6.92 Å². The van der Waals surface area contributed by atoms with Gasteiger partial charge in [0, 0.05) is 17.7 Å². The number of nitrogens with two attached hydrogens (primary N) is 1. The van der Waals surface area contributed by atoms with E-state index >= 15 is 0 Å². The molecule has 0 fully saturated rings. The molecule has 8 heteroatoms. The molecule has 8 nitrogen and oxygen atoms in total. The molecule has 3 N–H and O–H groups in total. The zero-order valence-electron chi connectivity index (χ0n) is 15.8. The summed E-state index contributed by atoms with van der Waals surface area (Å²) in [6.07, 6.45) is 1.62. The highest BCUT2D eigenvalue weighted by Crippen LogP contribution is 2.40. The van der Waals surface area contributed by atoms with Crippen LogP contribution in [-0.2, 0) is 11.3 Å². The van der Waals surface area contributed by atoms with Gasteiger partial charge in [-0.2, -0.15) is 5.10 Å². The second kappa shape index (κ2) is 8.57. The van der Waals surface area contributed by atoms with Crippen molar-refractivity contribution in [3.05, 3.63) is 30.0 Å². The average molecular weight is 362 g/mol. The molecule has 26 heavy (non-hydrogen) atoms. The molecule has 2 rings (SSSR count). The van der Waals surface area contributed by atoms with Crippen LogP contribution in [0.25, 0.3) is 0 Å². The number of methoxy groups -OCH3 is 3. The average Bonchev–Trinajstić information content (AvgIpc) is 3.06. The number of aromatic nitrogens is 2. The minimum Gasteiger partial charge on any atom is -0.493 e. The molecular weight excluding hydrogens is 336 g/mol. The molecule has 0 saturated carbocycles. The molecule has 142 valence electrons. The molecule has 2 unspecified atom stereocenters. The number of carbonyl (C=O) groups excluding carboxylic acids is 1. The zero-order chi connectivity index (χ0) is 19.3. The summed E-state index contributed by atoms with van der Waals surface area (Å²) in [6, 6.07) is 5.17. The summed E-state index contributed by atoms with van der Waals surface area (Å²) in [5, 5.41) is 7.15. The summed E-state index contributed by atoms with van der Waals surface area (Å²) < 4.78 is 17.9. The van der Waals surface area contributed by atoms with Crippen LogP contribution < -0.4 is 25.3 Å². The number of amides is 1. The van der Waals surface area contributed by atoms with Crippen LogP contribution in [0.3, 0.4) is 0 Å². The van der Waals surface area contributed by atoms with Crippen LogP contribution in [0.15, 0.2) is 24.4 Å². The molecule has 2 aromatic rings. The topological polar surface area (TPSA) is 101 Å². The molecule has 0 spiro atoms. The van der Waals surface area contributed by atoms with Gasteiger partial charge >= 0.3 is 0 Å². The second-order valence-electron chi connectivity index (χ2n) is 6.00. The summed E-state index contributed by atoms with van der Waals surface area (Å²) in [7, 11) is 4.69. The number of benzene rings is 1. The maximum Gasteiger partial charge on any atom is 0.229 e. The Kier molecular flexibility index (Phi) is 6.46. The van der Waals surface area contributed by atoms with E-state index in [-0.39, 0.29) is 17.9 Å². The number of ether oxygens (including phenoxy) is 3. The van der Waals surface area contributed by atoms with Gasteiger partial charge in [-0.25, -0.2) is 4.68 Å². The molecule has 0 bridgehead atoms. The highest BCUT2D eigenvalue weighted by atomic mass is 16.5. The third-order valence-electron chi connectivity index (χ3n) is 4.28. The van der Waals surface area contributed by atoms with Crippen LogP contribution in [0, 0.1) is 5.92 Å². The van der Waals surface area contributed by atoms with Gasteiger partial charge in [0.25, 0.3) is 0 Å². The Labute approximate surface area is 153 Å². The lowest BCUT2D eigenvalue weighted by atomic mass is 10.0. The SMILES string of the molecule is COc1ccc(Cn2nccc2NC(=O)C(C)C(C)N)c(OC)c1OC. The van der Waals surface area contributed by atoms with Gasteiger partial charge in [-0.3, -0.25) is 4.79 Å². The molecule has 0 aliphatic carbocycles.